The van der Waals surface area contributed by atoms with Gasteiger partial charge in [-0.25, -0.2) is 4.79 Å². The fourth-order valence-corrected chi connectivity index (χ4v) is 7.93. The monoisotopic (exact) mass is 784 g/mol. The van der Waals surface area contributed by atoms with Crippen LogP contribution in [0, 0.1) is 0 Å². The molecule has 3 amide bonds. The summed E-state index contributed by atoms with van der Waals surface area (Å²) in [5.41, 5.74) is 5.47. The van der Waals surface area contributed by atoms with E-state index >= 15 is 0 Å². The topological polar surface area (TPSA) is 197 Å². The number of rotatable bonds is 19. The van der Waals surface area contributed by atoms with Gasteiger partial charge in [-0.1, -0.05) is 36.4 Å². The second kappa shape index (κ2) is 20.0. The molecule has 14 heteroatoms. The molecular weight excluding hydrogens is 737 g/mol. The number of likely N-dealkylation sites (N-methyl/N-ethyl adjacent to an activating group) is 1. The fourth-order valence-electron chi connectivity index (χ4n) is 6.65. The number of thiophene rings is 1. The summed E-state index contributed by atoms with van der Waals surface area (Å²) in [6.45, 7) is 0.100. The Morgan fingerprint density at radius 1 is 0.750 bits per heavy atom. The molecule has 0 aliphatic heterocycles. The van der Waals surface area contributed by atoms with Gasteiger partial charge in [0, 0.05) is 49.2 Å². The number of aliphatic carboxylic acids is 1. The van der Waals surface area contributed by atoms with E-state index in [0.717, 1.165) is 65.7 Å². The standard InChI is InChI=1S/C42H48N4O9S/c1-45(36(49)19-20-37(50)51)21-22-46(33(25-47)26-48)24-29-5-4-6-31(23-29)39(52)44-41-38(34-7-2-3-8-35(34)56-41)40(53)43-32-17-13-28(14-18-32)10-9-27-11-15-30(16-12-27)42(54)55/h4-6,11-18,23,33,47-48H,2-3,7-10,19-22,24-26H2,1H3,(H,43,53)(H,44,52)(H,50,51)(H,54,55). The molecule has 0 unspecified atom stereocenters. The van der Waals surface area contributed by atoms with E-state index in [9.17, 15) is 34.2 Å². The van der Waals surface area contributed by atoms with Crippen molar-refractivity contribution in [3.05, 3.63) is 117 Å². The van der Waals surface area contributed by atoms with E-state index in [-0.39, 0.29) is 63.1 Å². The Kier molecular flexibility index (Phi) is 14.9. The van der Waals surface area contributed by atoms with Gasteiger partial charge in [-0.05, 0) is 97.2 Å². The minimum absolute atomic E-state index is 0.132. The van der Waals surface area contributed by atoms with Crippen molar-refractivity contribution < 1.29 is 44.4 Å². The lowest BCUT2D eigenvalue weighted by Crippen LogP contribution is -2.44. The highest BCUT2D eigenvalue weighted by atomic mass is 32.1. The summed E-state index contributed by atoms with van der Waals surface area (Å²) >= 11 is 1.42. The molecule has 0 radical (unpaired) electrons. The predicted octanol–water partition coefficient (Wildman–Crippen LogP) is 5.09. The van der Waals surface area contributed by atoms with Crippen LogP contribution in [0.2, 0.25) is 0 Å². The van der Waals surface area contributed by atoms with Gasteiger partial charge in [0.15, 0.2) is 0 Å². The van der Waals surface area contributed by atoms with Crippen molar-refractivity contribution in [1.82, 2.24) is 9.80 Å². The largest absolute Gasteiger partial charge is 0.481 e. The number of aromatic carboxylic acids is 1. The second-order valence-corrected chi connectivity index (χ2v) is 15.0. The van der Waals surface area contributed by atoms with Crippen LogP contribution >= 0.6 is 11.3 Å². The van der Waals surface area contributed by atoms with Crippen molar-refractivity contribution in [2.75, 3.05) is 44.0 Å². The Bertz CT molecular complexity index is 2010. The zero-order valence-electron chi connectivity index (χ0n) is 31.3. The first-order valence-electron chi connectivity index (χ1n) is 18.6. The Morgan fingerprint density at radius 2 is 1.41 bits per heavy atom. The third-order valence-corrected chi connectivity index (χ3v) is 11.2. The van der Waals surface area contributed by atoms with Gasteiger partial charge in [-0.15, -0.1) is 11.3 Å². The molecule has 0 bridgehead atoms. The average molecular weight is 785 g/mol. The number of nitrogens with zero attached hydrogens (tertiary/aromatic N) is 2. The summed E-state index contributed by atoms with van der Waals surface area (Å²) < 4.78 is 0. The third kappa shape index (κ3) is 11.3. The van der Waals surface area contributed by atoms with Crippen molar-refractivity contribution in [2.45, 2.75) is 64.0 Å². The Balaban J connectivity index is 1.25. The summed E-state index contributed by atoms with van der Waals surface area (Å²) in [6.07, 6.45) is 4.58. The molecule has 3 aromatic carbocycles. The zero-order chi connectivity index (χ0) is 40.2. The van der Waals surface area contributed by atoms with E-state index in [1.165, 1.54) is 16.2 Å². The molecule has 1 heterocycles. The molecular formula is C42H48N4O9S. The lowest BCUT2D eigenvalue weighted by atomic mass is 9.95. The molecule has 1 aromatic heterocycles. The van der Waals surface area contributed by atoms with Gasteiger partial charge >= 0.3 is 11.9 Å². The maximum Gasteiger partial charge on any atom is 0.335 e. The first-order valence-corrected chi connectivity index (χ1v) is 19.5. The number of carbonyl (C=O) groups is 5. The number of fused-ring (bicyclic) bond motifs is 1. The molecule has 56 heavy (non-hydrogen) atoms. The third-order valence-electron chi connectivity index (χ3n) is 9.95. The molecule has 0 saturated carbocycles. The Hall–Kier alpha value is -5.41. The normalized spacial score (nSPS) is 12.3. The van der Waals surface area contributed by atoms with Crippen LogP contribution in [0.3, 0.4) is 0 Å². The van der Waals surface area contributed by atoms with Crippen LogP contribution in [-0.4, -0.2) is 99.3 Å². The number of hydrogen-bond donors (Lipinski definition) is 6. The molecule has 6 N–H and O–H groups in total. The van der Waals surface area contributed by atoms with Crippen LogP contribution in [0.5, 0.6) is 0 Å². The van der Waals surface area contributed by atoms with Crippen molar-refractivity contribution in [1.29, 1.82) is 0 Å². The minimum atomic E-state index is -1.06. The predicted molar refractivity (Wildman–Crippen MR) is 213 cm³/mol. The lowest BCUT2D eigenvalue weighted by molar-refractivity contribution is -0.140. The number of aliphatic hydroxyl groups is 2. The molecule has 1 aliphatic rings. The van der Waals surface area contributed by atoms with E-state index in [1.807, 2.05) is 47.4 Å². The molecule has 5 rings (SSSR count). The number of benzene rings is 3. The number of carboxylic acid groups (broad SMARTS) is 2. The van der Waals surface area contributed by atoms with Gasteiger partial charge < -0.3 is 36.0 Å². The van der Waals surface area contributed by atoms with Gasteiger partial charge in [0.2, 0.25) is 5.91 Å². The van der Waals surface area contributed by atoms with E-state index in [4.69, 9.17) is 10.2 Å². The van der Waals surface area contributed by atoms with Crippen LogP contribution in [0.4, 0.5) is 10.7 Å². The highest BCUT2D eigenvalue weighted by Gasteiger charge is 2.27. The van der Waals surface area contributed by atoms with Crippen LogP contribution < -0.4 is 10.6 Å². The number of aryl methyl sites for hydroxylation is 3. The number of anilines is 2. The van der Waals surface area contributed by atoms with E-state index < -0.39 is 23.9 Å². The summed E-state index contributed by atoms with van der Waals surface area (Å²) in [7, 11) is 1.57. The van der Waals surface area contributed by atoms with Crippen molar-refractivity contribution >= 4 is 51.7 Å². The number of aliphatic hydroxyl groups excluding tert-OH is 2. The number of carbonyl (C=O) groups excluding carboxylic acids is 3. The van der Waals surface area contributed by atoms with Crippen LogP contribution in [0.25, 0.3) is 0 Å². The molecule has 0 atom stereocenters. The van der Waals surface area contributed by atoms with E-state index in [1.54, 1.807) is 37.4 Å². The first-order chi connectivity index (χ1) is 26.9. The summed E-state index contributed by atoms with van der Waals surface area (Å²) in [4.78, 5) is 66.3. The van der Waals surface area contributed by atoms with Crippen molar-refractivity contribution in [3.8, 4) is 0 Å². The molecule has 0 fully saturated rings. The number of nitrogens with one attached hydrogen (secondary N) is 2. The van der Waals surface area contributed by atoms with Gasteiger partial charge in [0.25, 0.3) is 11.8 Å². The highest BCUT2D eigenvalue weighted by molar-refractivity contribution is 7.17. The first kappa shape index (κ1) is 41.7. The Labute approximate surface area is 329 Å². The van der Waals surface area contributed by atoms with Gasteiger partial charge in [0.1, 0.15) is 5.00 Å². The molecule has 0 saturated heterocycles. The van der Waals surface area contributed by atoms with Gasteiger partial charge in [-0.2, -0.15) is 0 Å². The fraction of sp³-hybridized carbons (Fsp3) is 0.357. The van der Waals surface area contributed by atoms with E-state index in [0.29, 0.717) is 21.8 Å². The van der Waals surface area contributed by atoms with Crippen molar-refractivity contribution in [2.24, 2.45) is 0 Å². The smallest absolute Gasteiger partial charge is 0.335 e. The summed E-state index contributed by atoms with van der Waals surface area (Å²) in [5, 5.41) is 44.5. The molecule has 1 aliphatic carbocycles. The van der Waals surface area contributed by atoms with Gasteiger partial charge in [0.05, 0.1) is 36.8 Å². The average Bonchev–Trinajstić information content (AvgIpc) is 3.57. The number of hydrogen-bond acceptors (Lipinski definition) is 9. The van der Waals surface area contributed by atoms with Crippen LogP contribution in [-0.2, 0) is 41.8 Å². The highest BCUT2D eigenvalue weighted by Crippen LogP contribution is 2.39. The maximum absolute atomic E-state index is 13.9. The van der Waals surface area contributed by atoms with E-state index in [2.05, 4.69) is 10.6 Å². The minimum Gasteiger partial charge on any atom is -0.481 e. The quantitative estimate of drug-likeness (QED) is 0.0745. The molecule has 13 nitrogen and oxygen atoms in total. The Morgan fingerprint density at radius 3 is 2.05 bits per heavy atom. The number of amides is 3. The number of carboxylic acids is 2. The van der Waals surface area contributed by atoms with Crippen LogP contribution in [0.15, 0.2) is 72.8 Å². The van der Waals surface area contributed by atoms with Gasteiger partial charge in [-0.3, -0.25) is 24.1 Å². The lowest BCUT2D eigenvalue weighted by Gasteiger charge is -2.31. The van der Waals surface area contributed by atoms with Crippen molar-refractivity contribution in [3.63, 3.8) is 0 Å². The van der Waals surface area contributed by atoms with Crippen LogP contribution in [0.1, 0.15) is 83.9 Å². The summed E-state index contributed by atoms with van der Waals surface area (Å²) in [6, 6.07) is 20.7. The molecule has 0 spiro atoms. The maximum atomic E-state index is 13.9. The second-order valence-electron chi connectivity index (χ2n) is 13.9. The molecule has 4 aromatic rings. The summed E-state index contributed by atoms with van der Waals surface area (Å²) in [5.74, 6) is -3.04. The zero-order valence-corrected chi connectivity index (χ0v) is 32.1. The molecule has 296 valence electrons. The SMILES string of the molecule is CN(CCN(Cc1cccc(C(=O)Nc2sc3c(c2C(=O)Nc2ccc(CCc4ccc(C(=O)O)cc4)cc2)CCCC3)c1)C(CO)CO)C(=O)CCC(=O)O.